The van der Waals surface area contributed by atoms with Crippen LogP contribution in [0.5, 0.6) is 0 Å². The summed E-state index contributed by atoms with van der Waals surface area (Å²) in [7, 11) is 2.19. The van der Waals surface area contributed by atoms with Gasteiger partial charge in [0, 0.05) is 17.3 Å². The molecule has 3 nitrogen and oxygen atoms in total. The number of anilines is 1. The predicted molar refractivity (Wildman–Crippen MR) is 75.8 cm³/mol. The molecule has 2 N–H and O–H groups in total. The minimum atomic E-state index is -0.415. The summed E-state index contributed by atoms with van der Waals surface area (Å²) in [5.41, 5.74) is 2.08. The van der Waals surface area contributed by atoms with Crippen LogP contribution in [-0.2, 0) is 0 Å². The maximum atomic E-state index is 9.78. The molecule has 0 aliphatic carbocycles. The SMILES string of the molecule is CC(O)c1ccccc1NC1CCCN(C)CC1. The van der Waals surface area contributed by atoms with Crippen molar-refractivity contribution < 1.29 is 5.11 Å². The Bertz CT molecular complexity index is 379. The fourth-order valence-corrected chi connectivity index (χ4v) is 2.60. The molecular weight excluding hydrogens is 224 g/mol. The molecule has 0 spiro atoms. The highest BCUT2D eigenvalue weighted by molar-refractivity contribution is 5.52. The Kier molecular flexibility index (Phi) is 4.61. The van der Waals surface area contributed by atoms with Gasteiger partial charge in [-0.25, -0.2) is 0 Å². The molecule has 0 saturated carbocycles. The third kappa shape index (κ3) is 3.47. The van der Waals surface area contributed by atoms with E-state index in [9.17, 15) is 5.11 Å². The summed E-state index contributed by atoms with van der Waals surface area (Å²) in [5, 5.41) is 13.4. The standard InChI is InChI=1S/C15H24N2O/c1-12(18)14-7-3-4-8-15(14)16-13-6-5-10-17(2)11-9-13/h3-4,7-8,12-13,16,18H,5-6,9-11H2,1-2H3. The largest absolute Gasteiger partial charge is 0.389 e. The average molecular weight is 248 g/mol. The molecule has 2 atom stereocenters. The Morgan fingerprint density at radius 3 is 2.83 bits per heavy atom. The number of hydrogen-bond acceptors (Lipinski definition) is 3. The highest BCUT2D eigenvalue weighted by atomic mass is 16.3. The summed E-state index contributed by atoms with van der Waals surface area (Å²) in [5.74, 6) is 0. The van der Waals surface area contributed by atoms with Gasteiger partial charge in [-0.2, -0.15) is 0 Å². The van der Waals surface area contributed by atoms with Crippen molar-refractivity contribution in [3.8, 4) is 0 Å². The summed E-state index contributed by atoms with van der Waals surface area (Å²) in [6.45, 7) is 4.16. The van der Waals surface area contributed by atoms with Crippen LogP contribution in [-0.4, -0.2) is 36.2 Å². The van der Waals surface area contributed by atoms with Crippen molar-refractivity contribution in [2.24, 2.45) is 0 Å². The minimum Gasteiger partial charge on any atom is -0.389 e. The van der Waals surface area contributed by atoms with Crippen LogP contribution in [0.25, 0.3) is 0 Å². The number of likely N-dealkylation sites (tertiary alicyclic amines) is 1. The van der Waals surface area contributed by atoms with Gasteiger partial charge in [0.25, 0.3) is 0 Å². The number of nitrogens with one attached hydrogen (secondary N) is 1. The molecule has 3 heteroatoms. The molecule has 2 unspecified atom stereocenters. The first-order valence-electron chi connectivity index (χ1n) is 6.89. The first-order chi connectivity index (χ1) is 8.66. The molecule has 18 heavy (non-hydrogen) atoms. The molecule has 1 aliphatic rings. The molecule has 1 fully saturated rings. The van der Waals surface area contributed by atoms with Gasteiger partial charge < -0.3 is 15.3 Å². The molecule has 1 saturated heterocycles. The van der Waals surface area contributed by atoms with Crippen molar-refractivity contribution in [2.45, 2.75) is 38.3 Å². The van der Waals surface area contributed by atoms with Crippen LogP contribution < -0.4 is 5.32 Å². The van der Waals surface area contributed by atoms with E-state index in [1.54, 1.807) is 0 Å². The molecule has 1 aromatic carbocycles. The van der Waals surface area contributed by atoms with Crippen LogP contribution in [0.2, 0.25) is 0 Å². The fraction of sp³-hybridized carbons (Fsp3) is 0.600. The number of hydrogen-bond donors (Lipinski definition) is 2. The zero-order valence-corrected chi connectivity index (χ0v) is 11.4. The summed E-state index contributed by atoms with van der Waals surface area (Å²) >= 11 is 0. The van der Waals surface area contributed by atoms with Gasteiger partial charge >= 0.3 is 0 Å². The Labute approximate surface area is 110 Å². The second kappa shape index (κ2) is 6.21. The first kappa shape index (κ1) is 13.4. The number of para-hydroxylation sites is 1. The van der Waals surface area contributed by atoms with Gasteiger partial charge in [-0.05, 0) is 52.4 Å². The van der Waals surface area contributed by atoms with Gasteiger partial charge in [0.2, 0.25) is 0 Å². The molecule has 0 bridgehead atoms. The van der Waals surface area contributed by atoms with E-state index in [-0.39, 0.29) is 0 Å². The lowest BCUT2D eigenvalue weighted by Gasteiger charge is -2.21. The Hall–Kier alpha value is -1.06. The molecule has 0 aromatic heterocycles. The summed E-state index contributed by atoms with van der Waals surface area (Å²) < 4.78 is 0. The van der Waals surface area contributed by atoms with Crippen LogP contribution in [0.4, 0.5) is 5.69 Å². The highest BCUT2D eigenvalue weighted by Crippen LogP contribution is 2.24. The van der Waals surface area contributed by atoms with Crippen LogP contribution in [0, 0.1) is 0 Å². The summed E-state index contributed by atoms with van der Waals surface area (Å²) in [6, 6.07) is 8.59. The Morgan fingerprint density at radius 1 is 1.28 bits per heavy atom. The maximum Gasteiger partial charge on any atom is 0.0781 e. The average Bonchev–Trinajstić information content (AvgIpc) is 2.55. The maximum absolute atomic E-state index is 9.78. The molecule has 1 heterocycles. The van der Waals surface area contributed by atoms with Crippen LogP contribution in [0.3, 0.4) is 0 Å². The van der Waals surface area contributed by atoms with Gasteiger partial charge in [-0.1, -0.05) is 18.2 Å². The molecule has 0 radical (unpaired) electrons. The molecular formula is C15H24N2O. The predicted octanol–water partition coefficient (Wildman–Crippen LogP) is 2.64. The van der Waals surface area contributed by atoms with Crippen molar-refractivity contribution in [1.82, 2.24) is 4.90 Å². The zero-order valence-electron chi connectivity index (χ0n) is 11.4. The zero-order chi connectivity index (χ0) is 13.0. The molecule has 1 aliphatic heterocycles. The van der Waals surface area contributed by atoms with Gasteiger partial charge in [-0.15, -0.1) is 0 Å². The Morgan fingerprint density at radius 2 is 2.06 bits per heavy atom. The van der Waals surface area contributed by atoms with Crippen LogP contribution >= 0.6 is 0 Å². The van der Waals surface area contributed by atoms with E-state index in [1.165, 1.54) is 25.8 Å². The topological polar surface area (TPSA) is 35.5 Å². The van der Waals surface area contributed by atoms with E-state index in [1.807, 2.05) is 25.1 Å². The van der Waals surface area contributed by atoms with E-state index >= 15 is 0 Å². The number of aliphatic hydroxyl groups excluding tert-OH is 1. The molecule has 2 rings (SSSR count). The van der Waals surface area contributed by atoms with Crippen molar-refractivity contribution in [1.29, 1.82) is 0 Å². The first-order valence-corrected chi connectivity index (χ1v) is 6.89. The van der Waals surface area contributed by atoms with Crippen LogP contribution in [0.15, 0.2) is 24.3 Å². The van der Waals surface area contributed by atoms with Gasteiger partial charge in [0.15, 0.2) is 0 Å². The highest BCUT2D eigenvalue weighted by Gasteiger charge is 2.16. The fourth-order valence-electron chi connectivity index (χ4n) is 2.60. The van der Waals surface area contributed by atoms with Gasteiger partial charge in [-0.3, -0.25) is 0 Å². The second-order valence-corrected chi connectivity index (χ2v) is 5.34. The Balaban J connectivity index is 2.04. The summed E-state index contributed by atoms with van der Waals surface area (Å²) in [4.78, 5) is 2.39. The number of nitrogens with zero attached hydrogens (tertiary/aromatic N) is 1. The van der Waals surface area contributed by atoms with E-state index in [0.717, 1.165) is 17.8 Å². The monoisotopic (exact) mass is 248 g/mol. The number of aliphatic hydroxyl groups is 1. The lowest BCUT2D eigenvalue weighted by Crippen LogP contribution is -2.23. The third-order valence-corrected chi connectivity index (χ3v) is 3.72. The van der Waals surface area contributed by atoms with Crippen molar-refractivity contribution in [2.75, 3.05) is 25.5 Å². The number of benzene rings is 1. The number of rotatable bonds is 3. The van der Waals surface area contributed by atoms with E-state index in [2.05, 4.69) is 23.3 Å². The van der Waals surface area contributed by atoms with Crippen molar-refractivity contribution >= 4 is 5.69 Å². The smallest absolute Gasteiger partial charge is 0.0781 e. The van der Waals surface area contributed by atoms with Crippen LogP contribution in [0.1, 0.15) is 37.9 Å². The molecule has 0 amide bonds. The van der Waals surface area contributed by atoms with E-state index in [4.69, 9.17) is 0 Å². The van der Waals surface area contributed by atoms with E-state index < -0.39 is 6.10 Å². The molecule has 1 aromatic rings. The van der Waals surface area contributed by atoms with E-state index in [0.29, 0.717) is 6.04 Å². The normalized spacial score (nSPS) is 23.4. The quantitative estimate of drug-likeness (QED) is 0.863. The third-order valence-electron chi connectivity index (χ3n) is 3.72. The lowest BCUT2D eigenvalue weighted by atomic mass is 10.1. The minimum absolute atomic E-state index is 0.415. The summed E-state index contributed by atoms with van der Waals surface area (Å²) in [6.07, 6.45) is 3.20. The lowest BCUT2D eigenvalue weighted by molar-refractivity contribution is 0.200. The van der Waals surface area contributed by atoms with Crippen molar-refractivity contribution in [3.05, 3.63) is 29.8 Å². The van der Waals surface area contributed by atoms with Gasteiger partial charge in [0.05, 0.1) is 6.10 Å². The van der Waals surface area contributed by atoms with Crippen molar-refractivity contribution in [3.63, 3.8) is 0 Å². The van der Waals surface area contributed by atoms with Gasteiger partial charge in [0.1, 0.15) is 0 Å². The molecule has 100 valence electrons. The second-order valence-electron chi connectivity index (χ2n) is 5.34.